The van der Waals surface area contributed by atoms with Crippen molar-refractivity contribution in [3.05, 3.63) is 77.8 Å². The van der Waals surface area contributed by atoms with Gasteiger partial charge in [-0.1, -0.05) is 18.2 Å². The van der Waals surface area contributed by atoms with Crippen molar-refractivity contribution in [3.63, 3.8) is 0 Å². The van der Waals surface area contributed by atoms with Crippen LogP contribution in [0.3, 0.4) is 0 Å². The first-order valence-electron chi connectivity index (χ1n) is 10.4. The zero-order valence-corrected chi connectivity index (χ0v) is 18.6. The van der Waals surface area contributed by atoms with Gasteiger partial charge in [0.25, 0.3) is 5.91 Å². The number of aryl methyl sites for hydroxylation is 1. The number of ether oxygens (including phenoxy) is 1. The third-order valence-corrected chi connectivity index (χ3v) is 6.05. The van der Waals surface area contributed by atoms with E-state index in [1.165, 1.54) is 16.2 Å². The van der Waals surface area contributed by atoms with E-state index in [0.29, 0.717) is 17.1 Å². The van der Waals surface area contributed by atoms with Crippen LogP contribution in [-0.2, 0) is 9.59 Å². The molecule has 2 aromatic carbocycles. The SMILES string of the molecule is Cc1cccc(NC(=O)CN2C(=O)COc3ccc(-c4csc(-c5ccccn5)n4)cc32)c1. The number of carbonyl (C=O) groups is 2. The molecule has 0 saturated carbocycles. The Morgan fingerprint density at radius 2 is 2.03 bits per heavy atom. The van der Waals surface area contributed by atoms with E-state index in [1.54, 1.807) is 6.20 Å². The number of fused-ring (bicyclic) bond motifs is 1. The molecular formula is C25H20N4O3S. The molecule has 5 rings (SSSR count). The van der Waals surface area contributed by atoms with Gasteiger partial charge in [-0.25, -0.2) is 4.98 Å². The molecule has 8 heteroatoms. The van der Waals surface area contributed by atoms with Crippen molar-refractivity contribution in [1.29, 1.82) is 0 Å². The van der Waals surface area contributed by atoms with E-state index in [1.807, 2.05) is 73.0 Å². The normalized spacial score (nSPS) is 12.8. The van der Waals surface area contributed by atoms with Crippen LogP contribution in [-0.4, -0.2) is 34.9 Å². The van der Waals surface area contributed by atoms with Gasteiger partial charge in [0.05, 0.1) is 17.1 Å². The van der Waals surface area contributed by atoms with Crippen LogP contribution in [0.1, 0.15) is 5.56 Å². The maximum atomic E-state index is 12.7. The number of hydrogen-bond acceptors (Lipinski definition) is 6. The minimum absolute atomic E-state index is 0.107. The number of nitrogens with zero attached hydrogens (tertiary/aromatic N) is 3. The van der Waals surface area contributed by atoms with E-state index in [-0.39, 0.29) is 25.0 Å². The summed E-state index contributed by atoms with van der Waals surface area (Å²) in [7, 11) is 0. The number of anilines is 2. The molecule has 2 amide bonds. The van der Waals surface area contributed by atoms with E-state index in [0.717, 1.165) is 27.5 Å². The van der Waals surface area contributed by atoms with Gasteiger partial charge in [-0.05, 0) is 55.0 Å². The van der Waals surface area contributed by atoms with Gasteiger partial charge in [0.1, 0.15) is 17.3 Å². The Bertz CT molecular complexity index is 1340. The molecule has 0 fully saturated rings. The summed E-state index contributed by atoms with van der Waals surface area (Å²) in [5.41, 5.74) is 4.69. The summed E-state index contributed by atoms with van der Waals surface area (Å²) in [6, 6.07) is 18.8. The molecule has 7 nitrogen and oxygen atoms in total. The predicted octanol–water partition coefficient (Wildman–Crippen LogP) is 4.54. The van der Waals surface area contributed by atoms with Gasteiger partial charge in [0.2, 0.25) is 5.91 Å². The Morgan fingerprint density at radius 1 is 1.12 bits per heavy atom. The molecule has 0 atom stereocenters. The first kappa shape index (κ1) is 20.8. The summed E-state index contributed by atoms with van der Waals surface area (Å²) in [6.07, 6.45) is 1.73. The van der Waals surface area contributed by atoms with Crippen molar-refractivity contribution in [1.82, 2.24) is 9.97 Å². The average Bonchev–Trinajstić information content (AvgIpc) is 3.32. The maximum Gasteiger partial charge on any atom is 0.265 e. The van der Waals surface area contributed by atoms with Gasteiger partial charge in [-0.3, -0.25) is 19.5 Å². The van der Waals surface area contributed by atoms with Gasteiger partial charge in [-0.2, -0.15) is 0 Å². The lowest BCUT2D eigenvalue weighted by atomic mass is 10.1. The van der Waals surface area contributed by atoms with Crippen molar-refractivity contribution >= 4 is 34.5 Å². The number of hydrogen-bond donors (Lipinski definition) is 1. The van der Waals surface area contributed by atoms with Crippen LogP contribution < -0.4 is 15.0 Å². The monoisotopic (exact) mass is 456 g/mol. The van der Waals surface area contributed by atoms with Crippen LogP contribution in [0.4, 0.5) is 11.4 Å². The van der Waals surface area contributed by atoms with Crippen LogP contribution in [0.5, 0.6) is 5.75 Å². The highest BCUT2D eigenvalue weighted by Crippen LogP contribution is 2.37. The number of thiazole rings is 1. The zero-order valence-electron chi connectivity index (χ0n) is 17.8. The summed E-state index contributed by atoms with van der Waals surface area (Å²) < 4.78 is 5.60. The number of amides is 2. The van der Waals surface area contributed by atoms with Gasteiger partial charge in [0, 0.05) is 22.8 Å². The second-order valence-corrected chi connectivity index (χ2v) is 8.48. The van der Waals surface area contributed by atoms with Gasteiger partial charge < -0.3 is 10.1 Å². The Balaban J connectivity index is 1.40. The molecule has 0 unspecified atom stereocenters. The molecule has 1 N–H and O–H groups in total. The summed E-state index contributed by atoms with van der Waals surface area (Å²) in [5, 5.41) is 5.62. The first-order valence-corrected chi connectivity index (χ1v) is 11.3. The lowest BCUT2D eigenvalue weighted by Gasteiger charge is -2.29. The third kappa shape index (κ3) is 4.47. The Morgan fingerprint density at radius 3 is 2.85 bits per heavy atom. The molecule has 2 aromatic heterocycles. The van der Waals surface area contributed by atoms with Gasteiger partial charge in [0.15, 0.2) is 6.61 Å². The molecule has 0 saturated heterocycles. The zero-order chi connectivity index (χ0) is 22.8. The molecule has 0 spiro atoms. The lowest BCUT2D eigenvalue weighted by molar-refractivity contribution is -0.123. The van der Waals surface area contributed by atoms with E-state index in [4.69, 9.17) is 9.72 Å². The van der Waals surface area contributed by atoms with Crippen LogP contribution in [0.25, 0.3) is 22.0 Å². The fourth-order valence-electron chi connectivity index (χ4n) is 3.61. The Kier molecular flexibility index (Phi) is 5.58. The average molecular weight is 457 g/mol. The van der Waals surface area contributed by atoms with Crippen LogP contribution >= 0.6 is 11.3 Å². The first-order chi connectivity index (χ1) is 16.1. The topological polar surface area (TPSA) is 84.4 Å². The molecule has 0 bridgehead atoms. The van der Waals surface area contributed by atoms with Crippen molar-refractivity contribution in [3.8, 4) is 27.7 Å². The van der Waals surface area contributed by atoms with Crippen molar-refractivity contribution in [2.45, 2.75) is 6.92 Å². The smallest absolute Gasteiger partial charge is 0.265 e. The van der Waals surface area contributed by atoms with Crippen molar-refractivity contribution in [2.24, 2.45) is 0 Å². The van der Waals surface area contributed by atoms with Gasteiger partial charge in [-0.15, -0.1) is 11.3 Å². The number of aromatic nitrogens is 2. The highest BCUT2D eigenvalue weighted by Gasteiger charge is 2.28. The molecule has 164 valence electrons. The molecule has 0 aliphatic carbocycles. The Labute approximate surface area is 194 Å². The predicted molar refractivity (Wildman–Crippen MR) is 128 cm³/mol. The minimum Gasteiger partial charge on any atom is -0.482 e. The van der Waals surface area contributed by atoms with Crippen LogP contribution in [0.2, 0.25) is 0 Å². The summed E-state index contributed by atoms with van der Waals surface area (Å²) in [4.78, 5) is 35.8. The second kappa shape index (κ2) is 8.84. The largest absolute Gasteiger partial charge is 0.482 e. The summed E-state index contributed by atoms with van der Waals surface area (Å²) in [6.45, 7) is 1.74. The third-order valence-electron chi connectivity index (χ3n) is 5.19. The number of nitrogens with one attached hydrogen (secondary N) is 1. The highest BCUT2D eigenvalue weighted by molar-refractivity contribution is 7.13. The van der Waals surface area contributed by atoms with Crippen molar-refractivity contribution in [2.75, 3.05) is 23.4 Å². The van der Waals surface area contributed by atoms with Gasteiger partial charge >= 0.3 is 0 Å². The number of carbonyl (C=O) groups excluding carboxylic acids is 2. The summed E-state index contributed by atoms with van der Waals surface area (Å²) in [5.74, 6) is 0.00618. The van der Waals surface area contributed by atoms with Crippen molar-refractivity contribution < 1.29 is 14.3 Å². The molecular weight excluding hydrogens is 436 g/mol. The van der Waals surface area contributed by atoms with Crippen LogP contribution in [0.15, 0.2) is 72.2 Å². The fourth-order valence-corrected chi connectivity index (χ4v) is 4.42. The Hall–Kier alpha value is -4.04. The quantitative estimate of drug-likeness (QED) is 0.476. The van der Waals surface area contributed by atoms with E-state index < -0.39 is 0 Å². The fraction of sp³-hybridized carbons (Fsp3) is 0.120. The van der Waals surface area contributed by atoms with E-state index >= 15 is 0 Å². The molecule has 0 radical (unpaired) electrons. The molecule has 1 aliphatic heterocycles. The number of pyridine rings is 1. The molecule has 3 heterocycles. The van der Waals surface area contributed by atoms with E-state index in [9.17, 15) is 9.59 Å². The number of rotatable bonds is 5. The standard InChI is InChI=1S/C25H20N4O3S/c1-16-5-4-6-18(11-16)27-23(30)13-29-21-12-17(8-9-22(21)32-14-24(29)31)20-15-33-25(28-20)19-7-2-3-10-26-19/h2-12,15H,13-14H2,1H3,(H,27,30). The lowest BCUT2D eigenvalue weighted by Crippen LogP contribution is -2.43. The minimum atomic E-state index is -0.279. The molecule has 33 heavy (non-hydrogen) atoms. The molecule has 1 aliphatic rings. The highest BCUT2D eigenvalue weighted by atomic mass is 32.1. The van der Waals surface area contributed by atoms with Crippen LogP contribution in [0, 0.1) is 6.92 Å². The molecule has 4 aromatic rings. The van der Waals surface area contributed by atoms with E-state index in [2.05, 4.69) is 10.3 Å². The maximum absolute atomic E-state index is 12.7. The second-order valence-electron chi connectivity index (χ2n) is 7.62. The number of benzene rings is 2. The summed E-state index contributed by atoms with van der Waals surface area (Å²) >= 11 is 1.50.